The molecule has 0 saturated carbocycles. The van der Waals surface area contributed by atoms with Gasteiger partial charge in [-0.25, -0.2) is 8.42 Å². The van der Waals surface area contributed by atoms with E-state index in [1.807, 2.05) is 51.1 Å². The van der Waals surface area contributed by atoms with E-state index >= 15 is 0 Å². The monoisotopic (exact) mass is 719 g/mol. The van der Waals surface area contributed by atoms with E-state index in [4.69, 9.17) is 46.4 Å². The largest absolute Gasteiger partial charge is 0.352 e. The lowest BCUT2D eigenvalue weighted by molar-refractivity contribution is -0.140. The summed E-state index contributed by atoms with van der Waals surface area (Å²) < 4.78 is 29.3. The van der Waals surface area contributed by atoms with Crippen LogP contribution in [0.1, 0.15) is 30.5 Å². The van der Waals surface area contributed by atoms with Crippen molar-refractivity contribution in [3.8, 4) is 0 Å². The quantitative estimate of drug-likeness (QED) is 0.161. The SMILES string of the molecule is Cc1ccc(S(=O)(=O)N(CC(=O)N(Cc2ccc(Cl)c(Cl)c2)[C@@H](Cc2ccccc2)C(=O)NC(C)C)c2cc(Cl)ccc2Cl)cc1. The first kappa shape index (κ1) is 35.6. The van der Waals surface area contributed by atoms with Gasteiger partial charge in [0.2, 0.25) is 11.8 Å². The Bertz CT molecular complexity index is 1800. The lowest BCUT2D eigenvalue weighted by Crippen LogP contribution is -2.54. The van der Waals surface area contributed by atoms with Gasteiger partial charge in [0.25, 0.3) is 10.0 Å². The molecule has 0 aliphatic rings. The van der Waals surface area contributed by atoms with Crippen LogP contribution in [0.5, 0.6) is 0 Å². The molecule has 4 aromatic carbocycles. The topological polar surface area (TPSA) is 86.8 Å². The van der Waals surface area contributed by atoms with Crippen LogP contribution in [-0.4, -0.2) is 43.8 Å². The van der Waals surface area contributed by atoms with Gasteiger partial charge < -0.3 is 10.2 Å². The molecule has 1 N–H and O–H groups in total. The van der Waals surface area contributed by atoms with Gasteiger partial charge in [-0.3, -0.25) is 13.9 Å². The molecule has 0 heterocycles. The van der Waals surface area contributed by atoms with E-state index in [0.717, 1.165) is 15.4 Å². The second-order valence-corrected chi connectivity index (χ2v) is 14.6. The molecular formula is C34H33Cl4N3O4S. The van der Waals surface area contributed by atoms with Gasteiger partial charge in [-0.2, -0.15) is 0 Å². The lowest BCUT2D eigenvalue weighted by atomic mass is 10.0. The zero-order chi connectivity index (χ0) is 33.6. The minimum absolute atomic E-state index is 0.0174. The zero-order valence-electron chi connectivity index (χ0n) is 25.4. The van der Waals surface area contributed by atoms with Crippen molar-refractivity contribution in [2.24, 2.45) is 0 Å². The third-order valence-electron chi connectivity index (χ3n) is 7.10. The number of halogens is 4. The van der Waals surface area contributed by atoms with E-state index in [1.54, 1.807) is 30.3 Å². The maximum Gasteiger partial charge on any atom is 0.264 e. The van der Waals surface area contributed by atoms with Crippen LogP contribution in [0.15, 0.2) is 95.9 Å². The fourth-order valence-corrected chi connectivity index (χ4v) is 6.98. The van der Waals surface area contributed by atoms with E-state index in [2.05, 4.69) is 5.32 Å². The van der Waals surface area contributed by atoms with Crippen LogP contribution in [0.4, 0.5) is 5.69 Å². The highest BCUT2D eigenvalue weighted by Gasteiger charge is 2.35. The first-order chi connectivity index (χ1) is 21.8. The number of carbonyl (C=O) groups is 2. The molecule has 0 unspecified atom stereocenters. The van der Waals surface area contributed by atoms with Crippen LogP contribution in [-0.2, 0) is 32.6 Å². The highest BCUT2D eigenvalue weighted by Crippen LogP contribution is 2.34. The molecule has 12 heteroatoms. The van der Waals surface area contributed by atoms with E-state index < -0.39 is 34.4 Å². The maximum absolute atomic E-state index is 14.5. The lowest BCUT2D eigenvalue weighted by Gasteiger charge is -2.34. The molecule has 46 heavy (non-hydrogen) atoms. The van der Waals surface area contributed by atoms with Gasteiger partial charge in [-0.1, -0.05) is 100 Å². The number of rotatable bonds is 12. The Balaban J connectivity index is 1.85. The Morgan fingerprint density at radius 1 is 0.783 bits per heavy atom. The second kappa shape index (κ2) is 15.5. The molecule has 4 aromatic rings. The van der Waals surface area contributed by atoms with Crippen molar-refractivity contribution in [3.05, 3.63) is 128 Å². The summed E-state index contributed by atoms with van der Waals surface area (Å²) in [6.07, 6.45) is 0.162. The summed E-state index contributed by atoms with van der Waals surface area (Å²) in [5.74, 6) is -1.06. The maximum atomic E-state index is 14.5. The molecule has 7 nitrogen and oxygen atoms in total. The van der Waals surface area contributed by atoms with E-state index in [-0.39, 0.29) is 44.7 Å². The number of nitrogens with one attached hydrogen (secondary N) is 1. The Hall–Kier alpha value is -3.27. The van der Waals surface area contributed by atoms with E-state index in [0.29, 0.717) is 10.6 Å². The summed E-state index contributed by atoms with van der Waals surface area (Å²) >= 11 is 25.3. The summed E-state index contributed by atoms with van der Waals surface area (Å²) in [4.78, 5) is 29.7. The number of benzene rings is 4. The number of nitrogens with zero attached hydrogens (tertiary/aromatic N) is 2. The number of carbonyl (C=O) groups excluding carboxylic acids is 2. The van der Waals surface area contributed by atoms with Crippen molar-refractivity contribution in [2.75, 3.05) is 10.8 Å². The Labute approximate surface area is 290 Å². The highest BCUT2D eigenvalue weighted by molar-refractivity contribution is 7.92. The van der Waals surface area contributed by atoms with Crippen LogP contribution < -0.4 is 9.62 Å². The number of amides is 2. The Kier molecular flexibility index (Phi) is 12.0. The number of hydrogen-bond donors (Lipinski definition) is 1. The third kappa shape index (κ3) is 8.96. The zero-order valence-corrected chi connectivity index (χ0v) is 29.2. The van der Waals surface area contributed by atoms with Crippen LogP contribution in [0, 0.1) is 6.92 Å². The summed E-state index contributed by atoms with van der Waals surface area (Å²) in [7, 11) is -4.34. The second-order valence-electron chi connectivity index (χ2n) is 11.1. The number of hydrogen-bond acceptors (Lipinski definition) is 4. The van der Waals surface area contributed by atoms with Crippen LogP contribution in [0.3, 0.4) is 0 Å². The van der Waals surface area contributed by atoms with Gasteiger partial charge in [0.1, 0.15) is 12.6 Å². The van der Waals surface area contributed by atoms with Crippen LogP contribution in [0.2, 0.25) is 20.1 Å². The number of anilines is 1. The molecule has 0 fully saturated rings. The fraction of sp³-hybridized carbons (Fsp3) is 0.235. The van der Waals surface area contributed by atoms with Gasteiger partial charge >= 0.3 is 0 Å². The molecule has 242 valence electrons. The summed E-state index contributed by atoms with van der Waals surface area (Å²) in [5, 5.41) is 3.81. The van der Waals surface area contributed by atoms with Crippen LogP contribution >= 0.6 is 46.4 Å². The smallest absolute Gasteiger partial charge is 0.264 e. The van der Waals surface area contributed by atoms with Crippen molar-refractivity contribution in [1.82, 2.24) is 10.2 Å². The van der Waals surface area contributed by atoms with Gasteiger partial charge in [0.15, 0.2) is 0 Å². The first-order valence-corrected chi connectivity index (χ1v) is 17.3. The average Bonchev–Trinajstić information content (AvgIpc) is 3.01. The molecule has 0 aromatic heterocycles. The van der Waals surface area contributed by atoms with Crippen molar-refractivity contribution in [2.45, 2.75) is 50.7 Å². The van der Waals surface area contributed by atoms with Gasteiger partial charge in [-0.15, -0.1) is 0 Å². The fourth-order valence-electron chi connectivity index (χ4n) is 4.80. The minimum Gasteiger partial charge on any atom is -0.352 e. The summed E-state index contributed by atoms with van der Waals surface area (Å²) in [6.45, 7) is 4.72. The summed E-state index contributed by atoms with van der Waals surface area (Å²) in [6, 6.07) is 23.5. The molecule has 0 bridgehead atoms. The minimum atomic E-state index is -4.34. The first-order valence-electron chi connectivity index (χ1n) is 14.4. The van der Waals surface area contributed by atoms with Crippen molar-refractivity contribution in [3.63, 3.8) is 0 Å². The predicted molar refractivity (Wildman–Crippen MR) is 186 cm³/mol. The molecule has 2 amide bonds. The van der Waals surface area contributed by atoms with Crippen molar-refractivity contribution in [1.29, 1.82) is 0 Å². The molecule has 0 aliphatic heterocycles. The summed E-state index contributed by atoms with van der Waals surface area (Å²) in [5.41, 5.74) is 2.27. The Morgan fingerprint density at radius 2 is 1.43 bits per heavy atom. The van der Waals surface area contributed by atoms with Crippen molar-refractivity contribution >= 4 is 73.9 Å². The van der Waals surface area contributed by atoms with Crippen LogP contribution in [0.25, 0.3) is 0 Å². The molecule has 0 spiro atoms. The highest BCUT2D eigenvalue weighted by atomic mass is 35.5. The molecule has 1 atom stereocenters. The molecular weight excluding hydrogens is 688 g/mol. The normalized spacial score (nSPS) is 12.1. The van der Waals surface area contributed by atoms with E-state index in [9.17, 15) is 18.0 Å². The average molecular weight is 722 g/mol. The van der Waals surface area contributed by atoms with E-state index in [1.165, 1.54) is 35.2 Å². The Morgan fingerprint density at radius 3 is 2.07 bits per heavy atom. The van der Waals surface area contributed by atoms with Crippen molar-refractivity contribution < 1.29 is 18.0 Å². The molecule has 0 radical (unpaired) electrons. The standard InChI is InChI=1S/C34H33Cl4N3O4S/c1-22(2)39-34(43)32(18-24-7-5-4-6-8-24)40(20-25-11-15-28(36)30(38)17-25)33(42)21-41(31-19-26(35)12-16-29(31)37)46(44,45)27-13-9-23(3)10-14-27/h4-17,19,22,32H,18,20-21H2,1-3H3,(H,39,43)/t32-/m0/s1. The molecule has 0 aliphatic carbocycles. The number of sulfonamides is 1. The molecule has 0 saturated heterocycles. The third-order valence-corrected chi connectivity index (χ3v) is 10.2. The number of aryl methyl sites for hydroxylation is 1. The van der Waals surface area contributed by atoms with Gasteiger partial charge in [0, 0.05) is 24.0 Å². The van der Waals surface area contributed by atoms with Gasteiger partial charge in [-0.05, 0) is 74.4 Å². The predicted octanol–water partition coefficient (Wildman–Crippen LogP) is 7.97. The molecule has 4 rings (SSSR count). The van der Waals surface area contributed by atoms with Gasteiger partial charge in [0.05, 0.1) is 25.7 Å².